The number of halogens is 1. The summed E-state index contributed by atoms with van der Waals surface area (Å²) in [6.07, 6.45) is 1.98. The van der Waals surface area contributed by atoms with Crippen LogP contribution in [0.5, 0.6) is 0 Å². The number of hydrogen-bond acceptors (Lipinski definition) is 4. The molecule has 0 atom stereocenters. The van der Waals surface area contributed by atoms with Crippen molar-refractivity contribution in [3.63, 3.8) is 0 Å². The van der Waals surface area contributed by atoms with Gasteiger partial charge in [-0.15, -0.1) is 23.0 Å². The average Bonchev–Trinajstić information content (AvgIpc) is 2.53. The lowest BCUT2D eigenvalue weighted by atomic mass is 10.9. The van der Waals surface area contributed by atoms with E-state index in [4.69, 9.17) is 0 Å². The molecule has 0 aliphatic rings. The molecule has 0 N–H and O–H groups in total. The Hall–Kier alpha value is 0.350. The fourth-order valence-electron chi connectivity index (χ4n) is 0.796. The third-order valence-electron chi connectivity index (χ3n) is 1.26. The number of rotatable bonds is 1. The third kappa shape index (κ3) is 1.22. The van der Waals surface area contributed by atoms with E-state index in [1.165, 1.54) is 10.8 Å². The fraction of sp³-hybridized carbons (Fsp3) is 0. The first-order valence-corrected chi connectivity index (χ1v) is 6.29. The van der Waals surface area contributed by atoms with Gasteiger partial charge < -0.3 is 0 Å². The summed E-state index contributed by atoms with van der Waals surface area (Å²) in [6, 6.07) is 0. The van der Waals surface area contributed by atoms with Gasteiger partial charge in [0.2, 0.25) is 0 Å². The van der Waals surface area contributed by atoms with Crippen molar-refractivity contribution in [1.29, 1.82) is 0 Å². The summed E-state index contributed by atoms with van der Waals surface area (Å²) in [7, 11) is 1.35. The van der Waals surface area contributed by atoms with Crippen molar-refractivity contribution in [2.75, 3.05) is 0 Å². The molecular weight excluding hydrogens is 264 g/mol. The third-order valence-corrected chi connectivity index (χ3v) is 4.01. The quantitative estimate of drug-likeness (QED) is 0.631. The summed E-state index contributed by atoms with van der Waals surface area (Å²) in [4.78, 5) is 5.31. The van der Waals surface area contributed by atoms with Crippen molar-refractivity contribution in [3.05, 3.63) is 16.2 Å². The molecule has 0 saturated carbocycles. The van der Waals surface area contributed by atoms with E-state index in [0.29, 0.717) is 0 Å². The highest BCUT2D eigenvalue weighted by molar-refractivity contribution is 9.10. The van der Waals surface area contributed by atoms with Crippen LogP contribution in [-0.4, -0.2) is 9.38 Å². The number of imidazole rings is 1. The lowest BCUT2D eigenvalue weighted by molar-refractivity contribution is 1.15. The summed E-state index contributed by atoms with van der Waals surface area (Å²) < 4.78 is 2.97. The zero-order valence-corrected chi connectivity index (χ0v) is 9.30. The zero-order chi connectivity index (χ0) is 7.84. The standard InChI is InChI=1S/C5H3BrN2S3/c6-3-4(11-9)7-5-8(3)1-2-10-5/h1-2,9H. The molecule has 58 valence electrons. The van der Waals surface area contributed by atoms with Gasteiger partial charge in [0.25, 0.3) is 0 Å². The molecule has 2 aromatic heterocycles. The van der Waals surface area contributed by atoms with Gasteiger partial charge in [0.1, 0.15) is 9.63 Å². The zero-order valence-electron chi connectivity index (χ0n) is 5.19. The minimum absolute atomic E-state index is 0.917. The van der Waals surface area contributed by atoms with Crippen LogP contribution in [0.2, 0.25) is 0 Å². The predicted octanol–water partition coefficient (Wildman–Crippen LogP) is 3.10. The molecule has 0 saturated heterocycles. The van der Waals surface area contributed by atoms with Crippen LogP contribution in [-0.2, 0) is 0 Å². The summed E-state index contributed by atoms with van der Waals surface area (Å²) >= 11 is 9.12. The van der Waals surface area contributed by atoms with Crippen LogP contribution in [0, 0.1) is 0 Å². The van der Waals surface area contributed by atoms with E-state index in [1.807, 2.05) is 16.0 Å². The molecule has 6 heteroatoms. The lowest BCUT2D eigenvalue weighted by Gasteiger charge is -1.86. The fourth-order valence-corrected chi connectivity index (χ4v) is 3.36. The van der Waals surface area contributed by atoms with Gasteiger partial charge in [-0.25, -0.2) is 4.98 Å². The van der Waals surface area contributed by atoms with Crippen molar-refractivity contribution in [1.82, 2.24) is 9.38 Å². The summed E-state index contributed by atoms with van der Waals surface area (Å²) in [5.74, 6) is 0. The van der Waals surface area contributed by atoms with E-state index in [1.54, 1.807) is 11.3 Å². The Kier molecular flexibility index (Phi) is 2.18. The molecule has 2 rings (SSSR count). The predicted molar refractivity (Wildman–Crippen MR) is 55.6 cm³/mol. The molecule has 0 aromatic carbocycles. The van der Waals surface area contributed by atoms with Crippen molar-refractivity contribution in [3.8, 4) is 0 Å². The maximum atomic E-state index is 4.31. The highest BCUT2D eigenvalue weighted by Gasteiger charge is 2.08. The minimum atomic E-state index is 0.917. The molecular formula is C5H3BrN2S3. The van der Waals surface area contributed by atoms with E-state index in [0.717, 1.165) is 14.6 Å². The molecule has 0 spiro atoms. The second kappa shape index (κ2) is 3.01. The van der Waals surface area contributed by atoms with Crippen molar-refractivity contribution < 1.29 is 0 Å². The van der Waals surface area contributed by atoms with Crippen LogP contribution >= 0.6 is 49.7 Å². The van der Waals surface area contributed by atoms with Gasteiger partial charge in [-0.2, -0.15) is 0 Å². The van der Waals surface area contributed by atoms with Crippen LogP contribution in [0.4, 0.5) is 0 Å². The van der Waals surface area contributed by atoms with Crippen LogP contribution in [0.15, 0.2) is 21.2 Å². The molecule has 0 fully saturated rings. The Morgan fingerprint density at radius 2 is 2.55 bits per heavy atom. The normalized spacial score (nSPS) is 11.1. The van der Waals surface area contributed by atoms with E-state index < -0.39 is 0 Å². The van der Waals surface area contributed by atoms with Gasteiger partial charge in [0.05, 0.1) is 0 Å². The minimum Gasteiger partial charge on any atom is -0.284 e. The Bertz CT molecular complexity index is 380. The number of nitrogens with zero attached hydrogens (tertiary/aromatic N) is 2. The Balaban J connectivity index is 2.76. The largest absolute Gasteiger partial charge is 0.284 e. The SMILES string of the molecule is SSc1nc2sccn2c1Br. The van der Waals surface area contributed by atoms with Crippen LogP contribution in [0.1, 0.15) is 0 Å². The Morgan fingerprint density at radius 3 is 3.18 bits per heavy atom. The molecule has 0 amide bonds. The van der Waals surface area contributed by atoms with E-state index in [-0.39, 0.29) is 0 Å². The molecule has 0 bridgehead atoms. The maximum Gasteiger partial charge on any atom is 0.195 e. The van der Waals surface area contributed by atoms with Gasteiger partial charge in [0.15, 0.2) is 4.96 Å². The van der Waals surface area contributed by atoms with E-state index >= 15 is 0 Å². The number of aromatic nitrogens is 2. The van der Waals surface area contributed by atoms with Crippen LogP contribution in [0.3, 0.4) is 0 Å². The first-order chi connectivity index (χ1) is 5.33. The van der Waals surface area contributed by atoms with Crippen molar-refractivity contribution in [2.45, 2.75) is 5.03 Å². The van der Waals surface area contributed by atoms with Gasteiger partial charge in [0, 0.05) is 11.6 Å². The van der Waals surface area contributed by atoms with Crippen molar-refractivity contribution >= 4 is 54.7 Å². The smallest absolute Gasteiger partial charge is 0.195 e. The topological polar surface area (TPSA) is 17.3 Å². The molecule has 0 aliphatic heterocycles. The second-order valence-electron chi connectivity index (χ2n) is 1.85. The number of thiazole rings is 1. The number of fused-ring (bicyclic) bond motifs is 1. The lowest BCUT2D eigenvalue weighted by Crippen LogP contribution is -1.73. The molecule has 11 heavy (non-hydrogen) atoms. The van der Waals surface area contributed by atoms with Gasteiger partial charge in [-0.1, -0.05) is 0 Å². The first kappa shape index (κ1) is 7.97. The summed E-state index contributed by atoms with van der Waals surface area (Å²) in [5.41, 5.74) is 0. The molecule has 0 aliphatic carbocycles. The molecule has 2 aromatic rings. The van der Waals surface area contributed by atoms with Gasteiger partial charge in [-0.3, -0.25) is 4.40 Å². The van der Waals surface area contributed by atoms with Gasteiger partial charge in [-0.05, 0) is 26.7 Å². The highest BCUT2D eigenvalue weighted by atomic mass is 79.9. The number of thiol groups is 1. The van der Waals surface area contributed by atoms with E-state index in [2.05, 4.69) is 32.6 Å². The first-order valence-electron chi connectivity index (χ1n) is 2.75. The maximum absolute atomic E-state index is 4.31. The summed E-state index contributed by atoms with van der Waals surface area (Å²) in [6.45, 7) is 0. The molecule has 0 unspecified atom stereocenters. The van der Waals surface area contributed by atoms with Crippen LogP contribution in [0.25, 0.3) is 4.96 Å². The van der Waals surface area contributed by atoms with E-state index in [9.17, 15) is 0 Å². The van der Waals surface area contributed by atoms with Crippen molar-refractivity contribution in [2.24, 2.45) is 0 Å². The number of hydrogen-bond donors (Lipinski definition) is 1. The molecule has 2 heterocycles. The van der Waals surface area contributed by atoms with Crippen LogP contribution < -0.4 is 0 Å². The molecule has 2 nitrogen and oxygen atoms in total. The summed E-state index contributed by atoms with van der Waals surface area (Å²) in [5, 5.41) is 2.92. The average molecular weight is 267 g/mol. The highest BCUT2D eigenvalue weighted by Crippen LogP contribution is 2.31. The monoisotopic (exact) mass is 266 g/mol. The second-order valence-corrected chi connectivity index (χ2v) is 4.60. The Labute approximate surface area is 85.0 Å². The molecule has 0 radical (unpaired) electrons. The Morgan fingerprint density at radius 1 is 1.73 bits per heavy atom. The van der Waals surface area contributed by atoms with Gasteiger partial charge >= 0.3 is 0 Å².